The van der Waals surface area contributed by atoms with E-state index in [1.54, 1.807) is 23.0 Å². The van der Waals surface area contributed by atoms with Gasteiger partial charge in [-0.05, 0) is 25.5 Å². The molecular weight excluding hydrogens is 318 g/mol. The molecule has 3 rings (SSSR count). The summed E-state index contributed by atoms with van der Waals surface area (Å²) in [5.74, 6) is 0.576. The molecule has 1 aromatic carbocycles. The molecule has 0 aliphatic carbocycles. The molecule has 130 valence electrons. The monoisotopic (exact) mass is 339 g/mol. The van der Waals surface area contributed by atoms with E-state index in [2.05, 4.69) is 29.4 Å². The third kappa shape index (κ3) is 3.60. The third-order valence-electron chi connectivity index (χ3n) is 4.26. The molecule has 0 spiro atoms. The third-order valence-corrected chi connectivity index (χ3v) is 4.26. The summed E-state index contributed by atoms with van der Waals surface area (Å²) in [5.41, 5.74) is 0.612. The summed E-state index contributed by atoms with van der Waals surface area (Å²) in [5, 5.41) is 11.9. The van der Waals surface area contributed by atoms with Crippen LogP contribution >= 0.6 is 0 Å². The molecule has 2 heterocycles. The number of rotatable bonds is 6. The maximum atomic E-state index is 12.3. The SMILES string of the molecule is CCC(C)n1nccc1NC(=O)CCn1ncc(=O)c2ccccc21. The molecular formula is C18H21N5O2. The number of carbonyl (C=O) groups is 1. The van der Waals surface area contributed by atoms with E-state index in [1.165, 1.54) is 6.20 Å². The van der Waals surface area contributed by atoms with Gasteiger partial charge in [-0.15, -0.1) is 0 Å². The lowest BCUT2D eigenvalue weighted by Gasteiger charge is -2.14. The highest BCUT2D eigenvalue weighted by atomic mass is 16.1. The number of carbonyl (C=O) groups excluding carboxylic acids is 1. The molecule has 7 heteroatoms. The van der Waals surface area contributed by atoms with Gasteiger partial charge in [-0.25, -0.2) is 4.68 Å². The molecule has 2 aromatic heterocycles. The van der Waals surface area contributed by atoms with Gasteiger partial charge in [-0.1, -0.05) is 19.1 Å². The van der Waals surface area contributed by atoms with Crippen molar-refractivity contribution in [3.63, 3.8) is 0 Å². The van der Waals surface area contributed by atoms with E-state index in [0.717, 1.165) is 11.9 Å². The van der Waals surface area contributed by atoms with E-state index >= 15 is 0 Å². The molecule has 0 saturated carbocycles. The smallest absolute Gasteiger partial charge is 0.227 e. The first kappa shape index (κ1) is 16.9. The summed E-state index contributed by atoms with van der Waals surface area (Å²) in [7, 11) is 0. The zero-order valence-electron chi connectivity index (χ0n) is 14.3. The Morgan fingerprint density at radius 2 is 2.04 bits per heavy atom. The predicted molar refractivity (Wildman–Crippen MR) is 96.5 cm³/mol. The lowest BCUT2D eigenvalue weighted by molar-refractivity contribution is -0.116. The minimum atomic E-state index is -0.117. The van der Waals surface area contributed by atoms with Gasteiger partial charge in [0, 0.05) is 17.9 Å². The molecule has 0 fully saturated rings. The summed E-state index contributed by atoms with van der Waals surface area (Å²) in [6.45, 7) is 4.52. The zero-order chi connectivity index (χ0) is 17.8. The number of benzene rings is 1. The second kappa shape index (κ2) is 7.29. The number of anilines is 1. The van der Waals surface area contributed by atoms with Crippen LogP contribution in [0.15, 0.2) is 47.5 Å². The maximum Gasteiger partial charge on any atom is 0.227 e. The molecule has 3 aromatic rings. The summed E-state index contributed by atoms with van der Waals surface area (Å²) >= 11 is 0. The topological polar surface area (TPSA) is 81.8 Å². The largest absolute Gasteiger partial charge is 0.311 e. The summed E-state index contributed by atoms with van der Waals surface area (Å²) in [4.78, 5) is 24.1. The summed E-state index contributed by atoms with van der Waals surface area (Å²) in [6, 6.07) is 9.27. The molecule has 0 radical (unpaired) electrons. The van der Waals surface area contributed by atoms with E-state index in [-0.39, 0.29) is 23.8 Å². The minimum Gasteiger partial charge on any atom is -0.311 e. The molecule has 1 amide bonds. The van der Waals surface area contributed by atoms with E-state index in [1.807, 2.05) is 22.9 Å². The molecule has 0 aliphatic heterocycles. The molecule has 1 N–H and O–H groups in total. The fraction of sp³-hybridized carbons (Fsp3) is 0.333. The number of para-hydroxylation sites is 1. The average molecular weight is 339 g/mol. The number of amides is 1. The molecule has 7 nitrogen and oxygen atoms in total. The van der Waals surface area contributed by atoms with Gasteiger partial charge in [0.15, 0.2) is 0 Å². The van der Waals surface area contributed by atoms with E-state index in [4.69, 9.17) is 0 Å². The highest BCUT2D eigenvalue weighted by Gasteiger charge is 2.12. The molecule has 1 atom stereocenters. The highest BCUT2D eigenvalue weighted by molar-refractivity contribution is 5.89. The fourth-order valence-electron chi connectivity index (χ4n) is 2.69. The number of hydrogen-bond donors (Lipinski definition) is 1. The van der Waals surface area contributed by atoms with Gasteiger partial charge < -0.3 is 5.32 Å². The lowest BCUT2D eigenvalue weighted by atomic mass is 10.2. The van der Waals surface area contributed by atoms with Crippen molar-refractivity contribution in [2.45, 2.75) is 39.3 Å². The summed E-state index contributed by atoms with van der Waals surface area (Å²) < 4.78 is 3.49. The van der Waals surface area contributed by atoms with Crippen LogP contribution in [0.3, 0.4) is 0 Å². The Bertz CT molecular complexity index is 944. The first-order chi connectivity index (χ1) is 12.1. The van der Waals surface area contributed by atoms with Crippen molar-refractivity contribution in [2.24, 2.45) is 0 Å². The molecule has 0 aliphatic rings. The molecule has 1 unspecified atom stereocenters. The minimum absolute atomic E-state index is 0.116. The van der Waals surface area contributed by atoms with Crippen LogP contribution in [0.2, 0.25) is 0 Å². The fourth-order valence-corrected chi connectivity index (χ4v) is 2.69. The van der Waals surface area contributed by atoms with Gasteiger partial charge in [0.25, 0.3) is 0 Å². The van der Waals surface area contributed by atoms with Crippen LogP contribution in [-0.2, 0) is 11.3 Å². The average Bonchev–Trinajstić information content (AvgIpc) is 3.09. The van der Waals surface area contributed by atoms with E-state index < -0.39 is 0 Å². The number of fused-ring (bicyclic) bond motifs is 1. The predicted octanol–water partition coefficient (Wildman–Crippen LogP) is 2.59. The molecule has 0 saturated heterocycles. The molecule has 25 heavy (non-hydrogen) atoms. The van der Waals surface area contributed by atoms with Gasteiger partial charge in [-0.3, -0.25) is 14.3 Å². The van der Waals surface area contributed by atoms with Gasteiger partial charge >= 0.3 is 0 Å². The van der Waals surface area contributed by atoms with Gasteiger partial charge in [-0.2, -0.15) is 10.2 Å². The number of nitrogens with one attached hydrogen (secondary N) is 1. The van der Waals surface area contributed by atoms with Crippen molar-refractivity contribution < 1.29 is 4.79 Å². The second-order valence-electron chi connectivity index (χ2n) is 5.97. The Balaban J connectivity index is 1.71. The first-order valence-corrected chi connectivity index (χ1v) is 8.38. The second-order valence-corrected chi connectivity index (χ2v) is 5.97. The number of nitrogens with zero attached hydrogens (tertiary/aromatic N) is 4. The standard InChI is InChI=1S/C18H21N5O2/c1-3-13(2)23-17(8-10-19-23)21-18(25)9-11-22-15-7-5-4-6-14(15)16(24)12-20-22/h4-8,10,12-13H,3,9,11H2,1-2H3,(H,21,25). The van der Waals surface area contributed by atoms with Crippen LogP contribution in [0.5, 0.6) is 0 Å². The number of aryl methyl sites for hydroxylation is 1. The van der Waals surface area contributed by atoms with E-state index in [9.17, 15) is 9.59 Å². The van der Waals surface area contributed by atoms with Crippen molar-refractivity contribution in [1.29, 1.82) is 0 Å². The van der Waals surface area contributed by atoms with E-state index in [0.29, 0.717) is 17.7 Å². The van der Waals surface area contributed by atoms with Crippen molar-refractivity contribution in [3.8, 4) is 0 Å². The molecule has 0 bridgehead atoms. The van der Waals surface area contributed by atoms with Crippen molar-refractivity contribution in [1.82, 2.24) is 19.6 Å². The zero-order valence-corrected chi connectivity index (χ0v) is 14.3. The Labute approximate surface area is 145 Å². The first-order valence-electron chi connectivity index (χ1n) is 8.38. The maximum absolute atomic E-state index is 12.3. The van der Waals surface area contributed by atoms with Crippen LogP contribution < -0.4 is 10.7 Å². The van der Waals surface area contributed by atoms with Crippen molar-refractivity contribution in [3.05, 3.63) is 52.9 Å². The summed E-state index contributed by atoms with van der Waals surface area (Å²) in [6.07, 6.45) is 4.15. The van der Waals surface area contributed by atoms with Crippen LogP contribution in [0.4, 0.5) is 5.82 Å². The quantitative estimate of drug-likeness (QED) is 0.748. The number of hydrogen-bond acceptors (Lipinski definition) is 4. The van der Waals surface area contributed by atoms with Crippen LogP contribution in [-0.4, -0.2) is 25.5 Å². The van der Waals surface area contributed by atoms with Crippen LogP contribution in [0.25, 0.3) is 10.9 Å². The number of aromatic nitrogens is 4. The Kier molecular flexibility index (Phi) is 4.92. The van der Waals surface area contributed by atoms with Gasteiger partial charge in [0.2, 0.25) is 11.3 Å². The van der Waals surface area contributed by atoms with Crippen molar-refractivity contribution >= 4 is 22.6 Å². The Morgan fingerprint density at radius 3 is 2.84 bits per heavy atom. The Hall–Kier alpha value is -2.96. The Morgan fingerprint density at radius 1 is 1.24 bits per heavy atom. The highest BCUT2D eigenvalue weighted by Crippen LogP contribution is 2.16. The normalized spacial score (nSPS) is 12.2. The van der Waals surface area contributed by atoms with Crippen LogP contribution in [0, 0.1) is 0 Å². The van der Waals surface area contributed by atoms with Crippen LogP contribution in [0.1, 0.15) is 32.7 Å². The van der Waals surface area contributed by atoms with Crippen molar-refractivity contribution in [2.75, 3.05) is 5.32 Å². The van der Waals surface area contributed by atoms with Gasteiger partial charge in [0.05, 0.1) is 30.5 Å². The lowest BCUT2D eigenvalue weighted by Crippen LogP contribution is -2.20. The van der Waals surface area contributed by atoms with Gasteiger partial charge in [0.1, 0.15) is 5.82 Å².